The van der Waals surface area contributed by atoms with Gasteiger partial charge < -0.3 is 4.42 Å². The van der Waals surface area contributed by atoms with Gasteiger partial charge in [0.2, 0.25) is 0 Å². The summed E-state index contributed by atoms with van der Waals surface area (Å²) in [5.74, 6) is 0. The van der Waals surface area contributed by atoms with E-state index >= 15 is 0 Å². The third-order valence-corrected chi connectivity index (χ3v) is 14.3. The van der Waals surface area contributed by atoms with Crippen LogP contribution in [0, 0.1) is 0 Å². The van der Waals surface area contributed by atoms with Crippen LogP contribution in [-0.2, 0) is 0 Å². The molecule has 2 heterocycles. The molecule has 0 amide bonds. The molecule has 0 aliphatic rings. The molecular weight excluding hydrogens is 745 g/mol. The fourth-order valence-electron chi connectivity index (χ4n) is 10.5. The van der Waals surface area contributed by atoms with E-state index in [1.54, 1.807) is 0 Å². The predicted molar refractivity (Wildman–Crippen MR) is 260 cm³/mol. The minimum Gasteiger partial charge on any atom is -0.456 e. The Hall–Kier alpha value is -7.52. The first-order chi connectivity index (χ1) is 29.7. The molecule has 14 rings (SSSR count). The number of hydrogen-bond acceptors (Lipinski definition) is 2. The molecule has 0 bridgehead atoms. The third-order valence-electron chi connectivity index (χ3n) is 13.2. The summed E-state index contributed by atoms with van der Waals surface area (Å²) in [5.41, 5.74) is 6.59. The maximum atomic E-state index is 6.53. The number of rotatable bonds is 2. The van der Waals surface area contributed by atoms with Crippen LogP contribution in [0.1, 0.15) is 0 Å². The molecule has 0 radical (unpaired) electrons. The predicted octanol–water partition coefficient (Wildman–Crippen LogP) is 17.4. The highest BCUT2D eigenvalue weighted by Gasteiger charge is 2.19. The van der Waals surface area contributed by atoms with Crippen molar-refractivity contribution < 1.29 is 4.42 Å². The molecule has 0 aliphatic carbocycles. The molecule has 0 unspecified atom stereocenters. The van der Waals surface area contributed by atoms with Crippen molar-refractivity contribution in [2.75, 3.05) is 0 Å². The fourth-order valence-corrected chi connectivity index (χ4v) is 11.6. The van der Waals surface area contributed by atoms with Gasteiger partial charge in [-0.1, -0.05) is 146 Å². The third kappa shape index (κ3) is 4.46. The number of thiophene rings is 1. The quantitative estimate of drug-likeness (QED) is 0.159. The average molecular weight is 777 g/mol. The normalized spacial score (nSPS) is 12.3. The Labute approximate surface area is 347 Å². The van der Waals surface area contributed by atoms with Crippen molar-refractivity contribution >= 4 is 129 Å². The summed E-state index contributed by atoms with van der Waals surface area (Å²) in [5, 5.41) is 23.0. The summed E-state index contributed by atoms with van der Waals surface area (Å²) in [4.78, 5) is 0. The van der Waals surface area contributed by atoms with Crippen LogP contribution in [0.25, 0.3) is 140 Å². The smallest absolute Gasteiger partial charge is 0.135 e. The van der Waals surface area contributed by atoms with E-state index in [0.717, 1.165) is 21.9 Å². The van der Waals surface area contributed by atoms with E-state index < -0.39 is 0 Å². The highest BCUT2D eigenvalue weighted by atomic mass is 32.1. The Morgan fingerprint density at radius 2 is 0.733 bits per heavy atom. The van der Waals surface area contributed by atoms with Crippen molar-refractivity contribution in [3.05, 3.63) is 194 Å². The molecule has 14 aromatic rings. The SMILES string of the molecule is c1ccc2c(c1)ccc1c3ccccc3c(-c3ccc4oc5ccc(-c6ccc7c(c6)c6ccccc6c6ccc8sc9ccc%10ccccc%10c9c8c67)cc5c4c3)cc21. The van der Waals surface area contributed by atoms with Crippen molar-refractivity contribution in [2.45, 2.75) is 0 Å². The van der Waals surface area contributed by atoms with Gasteiger partial charge in [0.1, 0.15) is 11.2 Å². The molecule has 0 saturated heterocycles. The summed E-state index contributed by atoms with van der Waals surface area (Å²) in [6.07, 6.45) is 0. The summed E-state index contributed by atoms with van der Waals surface area (Å²) >= 11 is 1.90. The summed E-state index contributed by atoms with van der Waals surface area (Å²) in [7, 11) is 0. The lowest BCUT2D eigenvalue weighted by Crippen LogP contribution is -1.86. The Kier molecular flexibility index (Phi) is 6.50. The zero-order chi connectivity index (χ0) is 39.1. The van der Waals surface area contributed by atoms with Gasteiger partial charge in [-0.15, -0.1) is 11.3 Å². The molecule has 0 atom stereocenters. The van der Waals surface area contributed by atoms with Gasteiger partial charge in [0.15, 0.2) is 0 Å². The molecule has 0 spiro atoms. The molecule has 2 heteroatoms. The Balaban J connectivity index is 0.989. The van der Waals surface area contributed by atoms with Gasteiger partial charge in [-0.05, 0) is 146 Å². The van der Waals surface area contributed by atoms with Gasteiger partial charge >= 0.3 is 0 Å². The van der Waals surface area contributed by atoms with Crippen molar-refractivity contribution in [3.63, 3.8) is 0 Å². The molecular formula is C58H32OS. The largest absolute Gasteiger partial charge is 0.456 e. The lowest BCUT2D eigenvalue weighted by Gasteiger charge is -2.14. The van der Waals surface area contributed by atoms with Crippen LogP contribution in [0.3, 0.4) is 0 Å². The van der Waals surface area contributed by atoms with Gasteiger partial charge in [-0.2, -0.15) is 0 Å². The molecule has 0 saturated carbocycles. The lowest BCUT2D eigenvalue weighted by atomic mass is 9.89. The second-order valence-corrected chi connectivity index (χ2v) is 17.4. The van der Waals surface area contributed by atoms with Crippen molar-refractivity contribution in [2.24, 2.45) is 0 Å². The monoisotopic (exact) mass is 776 g/mol. The number of fused-ring (bicyclic) bond motifs is 20. The van der Waals surface area contributed by atoms with Gasteiger partial charge in [0.25, 0.3) is 0 Å². The van der Waals surface area contributed by atoms with Crippen LogP contribution in [0.2, 0.25) is 0 Å². The zero-order valence-electron chi connectivity index (χ0n) is 32.3. The first-order valence-corrected chi connectivity index (χ1v) is 21.5. The fraction of sp³-hybridized carbons (Fsp3) is 0. The van der Waals surface area contributed by atoms with Crippen LogP contribution in [-0.4, -0.2) is 0 Å². The Morgan fingerprint density at radius 1 is 0.267 bits per heavy atom. The van der Waals surface area contributed by atoms with Crippen LogP contribution >= 0.6 is 11.3 Å². The number of benzene rings is 12. The second-order valence-electron chi connectivity index (χ2n) is 16.3. The minimum atomic E-state index is 0.899. The van der Waals surface area contributed by atoms with Crippen LogP contribution in [0.15, 0.2) is 199 Å². The van der Waals surface area contributed by atoms with Crippen LogP contribution in [0.4, 0.5) is 0 Å². The van der Waals surface area contributed by atoms with Gasteiger partial charge in [-0.25, -0.2) is 0 Å². The zero-order valence-corrected chi connectivity index (χ0v) is 33.1. The number of furan rings is 1. The van der Waals surface area contributed by atoms with Crippen LogP contribution < -0.4 is 0 Å². The van der Waals surface area contributed by atoms with E-state index in [9.17, 15) is 0 Å². The van der Waals surface area contributed by atoms with Gasteiger partial charge in [-0.3, -0.25) is 0 Å². The summed E-state index contributed by atoms with van der Waals surface area (Å²) < 4.78 is 9.19. The van der Waals surface area contributed by atoms with E-state index in [2.05, 4.69) is 194 Å². The van der Waals surface area contributed by atoms with Gasteiger partial charge in [0, 0.05) is 30.9 Å². The van der Waals surface area contributed by atoms with E-state index in [0.29, 0.717) is 0 Å². The first-order valence-electron chi connectivity index (χ1n) is 20.6. The molecule has 0 aliphatic heterocycles. The van der Waals surface area contributed by atoms with Gasteiger partial charge in [0.05, 0.1) is 0 Å². The highest BCUT2D eigenvalue weighted by Crippen LogP contribution is 2.47. The lowest BCUT2D eigenvalue weighted by molar-refractivity contribution is 0.669. The van der Waals surface area contributed by atoms with E-state index in [4.69, 9.17) is 4.42 Å². The van der Waals surface area contributed by atoms with Crippen molar-refractivity contribution in [3.8, 4) is 22.3 Å². The molecule has 12 aromatic carbocycles. The van der Waals surface area contributed by atoms with Crippen molar-refractivity contribution in [1.82, 2.24) is 0 Å². The molecule has 0 fully saturated rings. The van der Waals surface area contributed by atoms with E-state index in [-0.39, 0.29) is 0 Å². The topological polar surface area (TPSA) is 13.1 Å². The first kappa shape index (κ1) is 32.4. The second kappa shape index (κ2) is 12.0. The summed E-state index contributed by atoms with van der Waals surface area (Å²) in [6, 6.07) is 72.0. The maximum absolute atomic E-state index is 6.53. The summed E-state index contributed by atoms with van der Waals surface area (Å²) in [6.45, 7) is 0. The van der Waals surface area contributed by atoms with E-state index in [1.165, 1.54) is 118 Å². The molecule has 0 N–H and O–H groups in total. The molecule has 60 heavy (non-hydrogen) atoms. The Morgan fingerprint density at radius 3 is 1.52 bits per heavy atom. The van der Waals surface area contributed by atoms with E-state index in [1.807, 2.05) is 11.3 Å². The minimum absolute atomic E-state index is 0.899. The van der Waals surface area contributed by atoms with Crippen LogP contribution in [0.5, 0.6) is 0 Å². The van der Waals surface area contributed by atoms with Crippen molar-refractivity contribution in [1.29, 1.82) is 0 Å². The molecule has 276 valence electrons. The average Bonchev–Trinajstić information content (AvgIpc) is 3.89. The highest BCUT2D eigenvalue weighted by molar-refractivity contribution is 7.26. The standard InChI is InChI=1S/C58H32OS/c1-3-11-38-33(9-1)17-22-44-40-13-5-7-15-42(40)47(32-49(38)44)37-20-26-53-51(31-37)50-30-36(19-25-52(50)59-53)35-18-23-46-48(29-35)43-16-8-6-14-41(43)45-24-28-55-58(56(45)46)57-39-12-4-2-10-34(39)21-27-54(57)60-55/h1-32H. The Bertz CT molecular complexity index is 4180. The number of hydrogen-bond donors (Lipinski definition) is 0. The maximum Gasteiger partial charge on any atom is 0.135 e. The molecule has 1 nitrogen and oxygen atoms in total. The molecule has 2 aromatic heterocycles.